The average Bonchev–Trinajstić information content (AvgIpc) is 2.35. The molecule has 0 aliphatic carbocycles. The van der Waals surface area contributed by atoms with Crippen LogP contribution in [0.5, 0.6) is 0 Å². The lowest BCUT2D eigenvalue weighted by molar-refractivity contribution is 0.593. The van der Waals surface area contributed by atoms with Gasteiger partial charge in [0.1, 0.15) is 10.4 Å². The number of halogens is 2. The third kappa shape index (κ3) is 3.27. The second-order valence-corrected chi connectivity index (χ2v) is 6.24. The maximum Gasteiger partial charge on any atom is 0.263 e. The lowest BCUT2D eigenvalue weighted by atomic mass is 10.2. The van der Waals surface area contributed by atoms with Crippen LogP contribution in [0.15, 0.2) is 40.1 Å². The van der Waals surface area contributed by atoms with Crippen LogP contribution in [0.3, 0.4) is 0 Å². The first-order valence-electron chi connectivity index (χ1n) is 5.15. The predicted octanol–water partition coefficient (Wildman–Crippen LogP) is 2.49. The fourth-order valence-corrected chi connectivity index (χ4v) is 2.51. The van der Waals surface area contributed by atoms with E-state index < -0.39 is 15.8 Å². The Hall–Kier alpha value is -1.54. The Morgan fingerprint density at radius 2 is 2.00 bits per heavy atom. The zero-order valence-electron chi connectivity index (χ0n) is 9.76. The van der Waals surface area contributed by atoms with Crippen LogP contribution in [0.25, 0.3) is 0 Å². The lowest BCUT2D eigenvalue weighted by Gasteiger charge is -2.07. The molecule has 0 saturated heterocycles. The molecule has 1 N–H and O–H groups in total. The minimum absolute atomic E-state index is 0.0594. The summed E-state index contributed by atoms with van der Waals surface area (Å²) in [6.07, 6.45) is 2.61. The van der Waals surface area contributed by atoms with Crippen LogP contribution in [0.4, 0.5) is 10.2 Å². The van der Waals surface area contributed by atoms with Crippen LogP contribution in [0.1, 0.15) is 5.56 Å². The summed E-state index contributed by atoms with van der Waals surface area (Å²) < 4.78 is 40.1. The number of aromatic nitrogens is 2. The first-order chi connectivity index (χ1) is 8.88. The molecule has 100 valence electrons. The molecule has 0 aliphatic heterocycles. The van der Waals surface area contributed by atoms with E-state index in [1.54, 1.807) is 6.92 Å². The summed E-state index contributed by atoms with van der Waals surface area (Å²) in [6, 6.07) is 3.69. The van der Waals surface area contributed by atoms with Crippen molar-refractivity contribution in [2.24, 2.45) is 0 Å². The zero-order chi connectivity index (χ0) is 14.0. The molecule has 2 aromatic rings. The number of hydrogen-bond donors (Lipinski definition) is 1. The van der Waals surface area contributed by atoms with Crippen LogP contribution in [-0.2, 0) is 10.0 Å². The SMILES string of the molecule is Cc1ccc(S(=O)(=O)Nc2cnc(Br)cn2)cc1F. The Labute approximate surface area is 118 Å². The highest BCUT2D eigenvalue weighted by molar-refractivity contribution is 9.10. The van der Waals surface area contributed by atoms with E-state index in [1.165, 1.54) is 24.5 Å². The number of nitrogens with zero attached hydrogens (tertiary/aromatic N) is 2. The average molecular weight is 346 g/mol. The smallest absolute Gasteiger partial charge is 0.262 e. The molecule has 1 aromatic heterocycles. The van der Waals surface area contributed by atoms with Gasteiger partial charge in [0, 0.05) is 0 Å². The Morgan fingerprint density at radius 3 is 2.58 bits per heavy atom. The van der Waals surface area contributed by atoms with Crippen molar-refractivity contribution in [2.45, 2.75) is 11.8 Å². The summed E-state index contributed by atoms with van der Waals surface area (Å²) in [4.78, 5) is 7.51. The quantitative estimate of drug-likeness (QED) is 0.927. The van der Waals surface area contributed by atoms with Crippen molar-refractivity contribution in [1.82, 2.24) is 9.97 Å². The predicted molar refractivity (Wildman–Crippen MR) is 71.7 cm³/mol. The van der Waals surface area contributed by atoms with Crippen molar-refractivity contribution in [3.63, 3.8) is 0 Å². The van der Waals surface area contributed by atoms with Gasteiger partial charge in [-0.25, -0.2) is 22.8 Å². The van der Waals surface area contributed by atoms with Crippen molar-refractivity contribution in [3.8, 4) is 0 Å². The van der Waals surface area contributed by atoms with Gasteiger partial charge in [0.15, 0.2) is 5.82 Å². The number of nitrogens with one attached hydrogen (secondary N) is 1. The molecule has 0 unspecified atom stereocenters. The van der Waals surface area contributed by atoms with Gasteiger partial charge in [0.25, 0.3) is 10.0 Å². The fraction of sp³-hybridized carbons (Fsp3) is 0.0909. The van der Waals surface area contributed by atoms with E-state index >= 15 is 0 Å². The number of sulfonamides is 1. The monoisotopic (exact) mass is 345 g/mol. The molecular weight excluding hydrogens is 337 g/mol. The minimum atomic E-state index is -3.87. The van der Waals surface area contributed by atoms with Crippen molar-refractivity contribution in [2.75, 3.05) is 4.72 Å². The first kappa shape index (κ1) is 13.9. The topological polar surface area (TPSA) is 72.0 Å². The van der Waals surface area contributed by atoms with Gasteiger partial charge in [0.05, 0.1) is 17.3 Å². The van der Waals surface area contributed by atoms with E-state index in [4.69, 9.17) is 0 Å². The second kappa shape index (κ2) is 5.22. The van der Waals surface area contributed by atoms with Crippen LogP contribution in [-0.4, -0.2) is 18.4 Å². The van der Waals surface area contributed by atoms with Crippen LogP contribution >= 0.6 is 15.9 Å². The highest BCUT2D eigenvalue weighted by atomic mass is 79.9. The summed E-state index contributed by atoms with van der Waals surface area (Å²) in [6.45, 7) is 1.55. The summed E-state index contributed by atoms with van der Waals surface area (Å²) in [5.41, 5.74) is 0.377. The molecule has 0 spiro atoms. The number of benzene rings is 1. The highest BCUT2D eigenvalue weighted by Gasteiger charge is 2.16. The van der Waals surface area contributed by atoms with Gasteiger partial charge in [0.2, 0.25) is 0 Å². The molecule has 5 nitrogen and oxygen atoms in total. The van der Waals surface area contributed by atoms with Crippen molar-refractivity contribution >= 4 is 31.8 Å². The number of anilines is 1. The summed E-state index contributed by atoms with van der Waals surface area (Å²) in [7, 11) is -3.87. The molecule has 1 aromatic carbocycles. The Bertz CT molecular complexity index is 704. The van der Waals surface area contributed by atoms with Crippen molar-refractivity contribution in [1.29, 1.82) is 0 Å². The molecule has 0 amide bonds. The summed E-state index contributed by atoms with van der Waals surface area (Å²) in [5, 5.41) is 0. The molecular formula is C11H9BrFN3O2S. The number of rotatable bonds is 3. The van der Waals surface area contributed by atoms with Gasteiger partial charge in [-0.15, -0.1) is 0 Å². The van der Waals surface area contributed by atoms with Gasteiger partial charge in [-0.2, -0.15) is 0 Å². The van der Waals surface area contributed by atoms with Gasteiger partial charge in [-0.1, -0.05) is 6.07 Å². The zero-order valence-corrected chi connectivity index (χ0v) is 12.2. The molecule has 19 heavy (non-hydrogen) atoms. The number of hydrogen-bond acceptors (Lipinski definition) is 4. The van der Waals surface area contributed by atoms with Gasteiger partial charge >= 0.3 is 0 Å². The molecule has 0 aliphatic rings. The first-order valence-corrected chi connectivity index (χ1v) is 7.42. The van der Waals surface area contributed by atoms with Crippen LogP contribution < -0.4 is 4.72 Å². The summed E-state index contributed by atoms with van der Waals surface area (Å²) >= 11 is 3.09. The van der Waals surface area contributed by atoms with Crippen molar-refractivity contribution < 1.29 is 12.8 Å². The maximum absolute atomic E-state index is 13.4. The Balaban J connectivity index is 2.32. The van der Waals surface area contributed by atoms with Crippen LogP contribution in [0, 0.1) is 12.7 Å². The highest BCUT2D eigenvalue weighted by Crippen LogP contribution is 2.17. The molecule has 0 fully saturated rings. The third-order valence-electron chi connectivity index (χ3n) is 2.31. The molecule has 1 heterocycles. The summed E-state index contributed by atoms with van der Waals surface area (Å²) in [5.74, 6) is -0.519. The molecule has 0 saturated carbocycles. The molecule has 8 heteroatoms. The van der Waals surface area contributed by atoms with Gasteiger partial charge < -0.3 is 0 Å². The van der Waals surface area contributed by atoms with Gasteiger partial charge in [-0.05, 0) is 40.5 Å². The van der Waals surface area contributed by atoms with E-state index in [2.05, 4.69) is 30.6 Å². The van der Waals surface area contributed by atoms with E-state index in [0.29, 0.717) is 10.2 Å². The normalized spacial score (nSPS) is 11.3. The Morgan fingerprint density at radius 1 is 1.26 bits per heavy atom. The molecule has 0 atom stereocenters. The third-order valence-corrected chi connectivity index (χ3v) is 4.07. The van der Waals surface area contributed by atoms with E-state index in [9.17, 15) is 12.8 Å². The lowest BCUT2D eigenvalue weighted by Crippen LogP contribution is -2.14. The van der Waals surface area contributed by atoms with E-state index in [0.717, 1.165) is 6.07 Å². The number of aryl methyl sites for hydroxylation is 1. The van der Waals surface area contributed by atoms with Crippen LogP contribution in [0.2, 0.25) is 0 Å². The molecule has 2 rings (SSSR count). The van der Waals surface area contributed by atoms with E-state index in [1.807, 2.05) is 0 Å². The minimum Gasteiger partial charge on any atom is -0.262 e. The fourth-order valence-electron chi connectivity index (χ4n) is 1.30. The van der Waals surface area contributed by atoms with E-state index in [-0.39, 0.29) is 10.7 Å². The molecule has 0 bridgehead atoms. The Kier molecular flexibility index (Phi) is 3.81. The second-order valence-electron chi connectivity index (χ2n) is 3.74. The standard InChI is InChI=1S/C11H9BrFN3O2S/c1-7-2-3-8(4-9(7)13)19(17,18)16-11-6-14-10(12)5-15-11/h2-6H,1H3,(H,15,16). The maximum atomic E-state index is 13.4. The van der Waals surface area contributed by atoms with Crippen molar-refractivity contribution in [3.05, 3.63) is 46.6 Å². The van der Waals surface area contributed by atoms with Gasteiger partial charge in [-0.3, -0.25) is 4.72 Å². The largest absolute Gasteiger partial charge is 0.263 e. The molecule has 0 radical (unpaired) electrons.